The van der Waals surface area contributed by atoms with Gasteiger partial charge in [-0.15, -0.1) is 11.3 Å². The molecule has 7 nitrogen and oxygen atoms in total. The lowest BCUT2D eigenvalue weighted by molar-refractivity contribution is -0.385. The molecule has 0 spiro atoms. The maximum absolute atomic E-state index is 12.1. The molecule has 1 N–H and O–H groups in total. The van der Waals surface area contributed by atoms with Crippen molar-refractivity contribution in [2.24, 2.45) is 0 Å². The van der Waals surface area contributed by atoms with Crippen molar-refractivity contribution in [3.8, 4) is 0 Å². The Balaban J connectivity index is 2.05. The third-order valence-electron chi connectivity index (χ3n) is 3.28. The van der Waals surface area contributed by atoms with Crippen molar-refractivity contribution in [1.82, 2.24) is 5.32 Å². The fraction of sp³-hybridized carbons (Fsp3) is 0.0714. The topological polar surface area (TPSA) is 106 Å². The van der Waals surface area contributed by atoms with Gasteiger partial charge >= 0.3 is 0 Å². The summed E-state index contributed by atoms with van der Waals surface area (Å²) in [5.41, 5.74) is -0.200. The highest BCUT2D eigenvalue weighted by atomic mass is 32.1. The predicted octanol–water partition coefficient (Wildman–Crippen LogP) is 1.97. The van der Waals surface area contributed by atoms with E-state index in [1.807, 2.05) is 0 Å². The van der Waals surface area contributed by atoms with Crippen molar-refractivity contribution in [1.29, 1.82) is 0 Å². The number of hydrogen-bond donors (Lipinski definition) is 1. The first-order chi connectivity index (χ1) is 10.5. The number of nitro groups is 1. The Hall–Kier alpha value is -2.87. The smallest absolute Gasteiger partial charge is 0.273 e. The molecule has 0 unspecified atom stereocenters. The minimum atomic E-state index is -0.667. The summed E-state index contributed by atoms with van der Waals surface area (Å²) in [5.74, 6) is -1.55. The number of hydrogen-bond acceptors (Lipinski definition) is 6. The van der Waals surface area contributed by atoms with Crippen LogP contribution in [0.4, 0.5) is 5.69 Å². The molecule has 2 aromatic rings. The van der Waals surface area contributed by atoms with Crippen LogP contribution in [0.25, 0.3) is 0 Å². The van der Waals surface area contributed by atoms with Gasteiger partial charge in [0.25, 0.3) is 17.5 Å². The molecule has 2 heterocycles. The molecule has 1 aromatic heterocycles. The van der Waals surface area contributed by atoms with E-state index in [9.17, 15) is 24.5 Å². The summed E-state index contributed by atoms with van der Waals surface area (Å²) in [6.07, 6.45) is -0.203. The number of nitrogens with zero attached hydrogens (tertiary/aromatic N) is 1. The van der Waals surface area contributed by atoms with Crippen LogP contribution in [-0.4, -0.2) is 22.5 Å². The fourth-order valence-electron chi connectivity index (χ4n) is 2.26. The van der Waals surface area contributed by atoms with Gasteiger partial charge in [0, 0.05) is 18.1 Å². The second kappa shape index (κ2) is 5.15. The zero-order chi connectivity index (χ0) is 15.9. The fourth-order valence-corrected chi connectivity index (χ4v) is 2.92. The first-order valence-electron chi connectivity index (χ1n) is 6.21. The summed E-state index contributed by atoms with van der Waals surface area (Å²) in [4.78, 5) is 46.3. The maximum atomic E-state index is 12.1. The van der Waals surface area contributed by atoms with Crippen LogP contribution in [0.2, 0.25) is 0 Å². The van der Waals surface area contributed by atoms with Gasteiger partial charge in [0.2, 0.25) is 0 Å². The van der Waals surface area contributed by atoms with Gasteiger partial charge < -0.3 is 0 Å². The van der Waals surface area contributed by atoms with Crippen molar-refractivity contribution in [3.63, 3.8) is 0 Å². The van der Waals surface area contributed by atoms with Gasteiger partial charge in [-0.25, -0.2) is 0 Å². The van der Waals surface area contributed by atoms with Crippen LogP contribution in [0.1, 0.15) is 36.0 Å². The van der Waals surface area contributed by atoms with E-state index in [0.29, 0.717) is 4.88 Å². The first kappa shape index (κ1) is 14.1. The van der Waals surface area contributed by atoms with E-state index in [1.165, 1.54) is 17.4 Å². The van der Waals surface area contributed by atoms with Gasteiger partial charge in [0.15, 0.2) is 5.78 Å². The van der Waals surface area contributed by atoms with Crippen molar-refractivity contribution >= 4 is 34.6 Å². The van der Waals surface area contributed by atoms with Gasteiger partial charge in [-0.05, 0) is 17.5 Å². The molecule has 110 valence electrons. The van der Waals surface area contributed by atoms with Gasteiger partial charge in [-0.3, -0.25) is 29.8 Å². The molecule has 0 aliphatic carbocycles. The SMILES string of the molecule is O=C(Cc1cc2c(cc1[N+](=O)[O-])C(=O)NC2=O)c1cccs1. The second-order valence-electron chi connectivity index (χ2n) is 4.64. The summed E-state index contributed by atoms with van der Waals surface area (Å²) < 4.78 is 0. The number of fused-ring (bicyclic) bond motifs is 1. The van der Waals surface area contributed by atoms with E-state index < -0.39 is 16.7 Å². The van der Waals surface area contributed by atoms with E-state index in [4.69, 9.17) is 0 Å². The van der Waals surface area contributed by atoms with Gasteiger partial charge in [0.1, 0.15) is 0 Å². The summed E-state index contributed by atoms with van der Waals surface area (Å²) in [5, 5.41) is 15.0. The van der Waals surface area contributed by atoms with E-state index in [0.717, 1.165) is 6.07 Å². The molecule has 0 saturated heterocycles. The number of carbonyl (C=O) groups excluding carboxylic acids is 3. The maximum Gasteiger partial charge on any atom is 0.273 e. The minimum Gasteiger partial charge on any atom is -0.293 e. The monoisotopic (exact) mass is 316 g/mol. The summed E-state index contributed by atoms with van der Waals surface area (Å²) in [6, 6.07) is 5.63. The average Bonchev–Trinajstić information content (AvgIpc) is 3.08. The Bertz CT molecular complexity index is 826. The molecule has 3 rings (SSSR count). The Morgan fingerprint density at radius 3 is 2.50 bits per heavy atom. The van der Waals surface area contributed by atoms with Crippen LogP contribution in [0, 0.1) is 10.1 Å². The lowest BCUT2D eigenvalue weighted by atomic mass is 9.99. The number of nitrogens with one attached hydrogen (secondary N) is 1. The Morgan fingerprint density at radius 2 is 1.91 bits per heavy atom. The molecular weight excluding hydrogens is 308 g/mol. The molecule has 8 heteroatoms. The lowest BCUT2D eigenvalue weighted by Crippen LogP contribution is -2.19. The summed E-state index contributed by atoms with van der Waals surface area (Å²) in [6.45, 7) is 0. The number of imide groups is 1. The van der Waals surface area contributed by atoms with E-state index >= 15 is 0 Å². The third-order valence-corrected chi connectivity index (χ3v) is 4.19. The zero-order valence-electron chi connectivity index (χ0n) is 11.0. The number of rotatable bonds is 4. The highest BCUT2D eigenvalue weighted by Gasteiger charge is 2.31. The quantitative estimate of drug-likeness (QED) is 0.401. The molecule has 1 aliphatic rings. The molecule has 1 aromatic carbocycles. The Labute approximate surface area is 127 Å². The molecule has 0 bridgehead atoms. The highest BCUT2D eigenvalue weighted by Crippen LogP contribution is 2.28. The van der Waals surface area contributed by atoms with Crippen molar-refractivity contribution in [2.45, 2.75) is 6.42 Å². The molecule has 0 atom stereocenters. The standard InChI is InChI=1S/C14H8N2O5S/c17-11(12-2-1-3-22-12)5-7-4-8-9(6-10(7)16(20)21)14(19)15-13(8)18/h1-4,6H,5H2,(H,15,18,19). The Kier molecular flexibility index (Phi) is 3.30. The lowest BCUT2D eigenvalue weighted by Gasteiger charge is -2.04. The summed E-state index contributed by atoms with van der Waals surface area (Å²) in [7, 11) is 0. The van der Waals surface area contributed by atoms with E-state index in [1.54, 1.807) is 17.5 Å². The van der Waals surface area contributed by atoms with Crippen LogP contribution in [0.5, 0.6) is 0 Å². The van der Waals surface area contributed by atoms with E-state index in [2.05, 4.69) is 5.32 Å². The average molecular weight is 316 g/mol. The van der Waals surface area contributed by atoms with Crippen LogP contribution in [0.3, 0.4) is 0 Å². The zero-order valence-corrected chi connectivity index (χ0v) is 11.8. The number of benzene rings is 1. The van der Waals surface area contributed by atoms with Crippen molar-refractivity contribution < 1.29 is 19.3 Å². The number of carbonyl (C=O) groups is 3. The van der Waals surface area contributed by atoms with Gasteiger partial charge in [-0.1, -0.05) is 6.07 Å². The van der Waals surface area contributed by atoms with Crippen molar-refractivity contribution in [3.05, 3.63) is 61.3 Å². The number of amides is 2. The molecule has 0 fully saturated rings. The molecule has 22 heavy (non-hydrogen) atoms. The minimum absolute atomic E-state index is 0.0379. The molecular formula is C14H8N2O5S. The first-order valence-corrected chi connectivity index (χ1v) is 7.09. The number of thiophene rings is 1. The van der Waals surface area contributed by atoms with Crippen LogP contribution in [-0.2, 0) is 6.42 Å². The van der Waals surface area contributed by atoms with Crippen LogP contribution >= 0.6 is 11.3 Å². The van der Waals surface area contributed by atoms with Gasteiger partial charge in [0.05, 0.1) is 20.9 Å². The third kappa shape index (κ3) is 2.29. The van der Waals surface area contributed by atoms with E-state index in [-0.39, 0.29) is 34.6 Å². The molecule has 0 saturated carbocycles. The summed E-state index contributed by atoms with van der Waals surface area (Å²) >= 11 is 1.24. The normalized spacial score (nSPS) is 12.9. The predicted molar refractivity (Wildman–Crippen MR) is 77.2 cm³/mol. The Morgan fingerprint density at radius 1 is 1.23 bits per heavy atom. The largest absolute Gasteiger partial charge is 0.293 e. The van der Waals surface area contributed by atoms with Crippen LogP contribution in [0.15, 0.2) is 29.6 Å². The number of ketones is 1. The number of Topliss-reactive ketones (excluding diaryl/α,β-unsaturated/α-hetero) is 1. The van der Waals surface area contributed by atoms with Crippen LogP contribution < -0.4 is 5.32 Å². The van der Waals surface area contributed by atoms with Gasteiger partial charge in [-0.2, -0.15) is 0 Å². The molecule has 0 radical (unpaired) electrons. The number of nitro benzene ring substituents is 1. The second-order valence-corrected chi connectivity index (χ2v) is 5.59. The molecule has 1 aliphatic heterocycles. The highest BCUT2D eigenvalue weighted by molar-refractivity contribution is 7.12. The van der Waals surface area contributed by atoms with Crippen molar-refractivity contribution in [2.75, 3.05) is 0 Å². The molecule has 2 amide bonds.